The summed E-state index contributed by atoms with van der Waals surface area (Å²) in [5.41, 5.74) is 5.89. The Bertz CT molecular complexity index is 297. The molecular weight excluding hydrogens is 276 g/mol. The highest BCUT2D eigenvalue weighted by Gasteiger charge is 2.18. The van der Waals surface area contributed by atoms with E-state index in [-0.39, 0.29) is 24.2 Å². The van der Waals surface area contributed by atoms with Gasteiger partial charge in [0.05, 0.1) is 5.75 Å². The molecule has 0 amide bonds. The van der Waals surface area contributed by atoms with E-state index in [2.05, 4.69) is 0 Å². The molecule has 2 N–H and O–H groups in total. The van der Waals surface area contributed by atoms with E-state index in [1.165, 1.54) is 4.31 Å². The summed E-state index contributed by atoms with van der Waals surface area (Å²) >= 11 is 0. The van der Waals surface area contributed by atoms with Crippen LogP contribution in [-0.4, -0.2) is 51.8 Å². The van der Waals surface area contributed by atoms with Gasteiger partial charge in [-0.05, 0) is 18.8 Å². The highest BCUT2D eigenvalue weighted by atomic mass is 35.5. The van der Waals surface area contributed by atoms with Gasteiger partial charge in [0.25, 0.3) is 0 Å². The number of nitrogens with zero attached hydrogens (tertiary/aromatic N) is 1. The molecule has 0 spiro atoms. The largest absolute Gasteiger partial charge is 0.385 e. The van der Waals surface area contributed by atoms with E-state index in [4.69, 9.17) is 10.5 Å². The number of sulfonamides is 1. The van der Waals surface area contributed by atoms with Gasteiger partial charge in [-0.3, -0.25) is 0 Å². The maximum absolute atomic E-state index is 11.8. The Kier molecular flexibility index (Phi) is 11.3. The molecule has 0 heterocycles. The molecule has 1 atom stereocenters. The third-order valence-corrected chi connectivity index (χ3v) is 4.80. The topological polar surface area (TPSA) is 72.6 Å². The molecule has 0 aliphatic heterocycles. The first kappa shape index (κ1) is 20.4. The number of methoxy groups -OCH3 is 1. The zero-order valence-corrected chi connectivity index (χ0v) is 13.4. The van der Waals surface area contributed by atoms with Gasteiger partial charge in [-0.25, -0.2) is 12.7 Å². The number of halogens is 1. The first-order valence-electron chi connectivity index (χ1n) is 5.99. The molecule has 0 aromatic carbocycles. The molecule has 0 aromatic rings. The van der Waals surface area contributed by atoms with Crippen molar-refractivity contribution in [2.75, 3.05) is 33.1 Å². The lowest BCUT2D eigenvalue weighted by Gasteiger charge is -2.21. The van der Waals surface area contributed by atoms with Crippen LogP contribution in [0.15, 0.2) is 0 Å². The highest BCUT2D eigenvalue weighted by molar-refractivity contribution is 7.89. The first-order chi connectivity index (χ1) is 7.81. The molecule has 0 saturated carbocycles. The maximum Gasteiger partial charge on any atom is 0.213 e. The van der Waals surface area contributed by atoms with Gasteiger partial charge in [0.1, 0.15) is 0 Å². The lowest BCUT2D eigenvalue weighted by molar-refractivity contribution is 0.199. The summed E-state index contributed by atoms with van der Waals surface area (Å²) in [5.74, 6) is 0.508. The molecule has 0 bridgehead atoms. The molecule has 0 saturated heterocycles. The Morgan fingerprint density at radius 2 is 1.89 bits per heavy atom. The molecule has 0 aromatic heterocycles. The fraction of sp³-hybridized carbons (Fsp3) is 1.00. The van der Waals surface area contributed by atoms with Crippen molar-refractivity contribution >= 4 is 22.4 Å². The fourth-order valence-corrected chi connectivity index (χ4v) is 2.52. The summed E-state index contributed by atoms with van der Waals surface area (Å²) in [7, 11) is 0.0177. The molecule has 0 aliphatic carbocycles. The predicted octanol–water partition coefficient (Wildman–Crippen LogP) is 1.08. The van der Waals surface area contributed by atoms with Gasteiger partial charge < -0.3 is 10.5 Å². The van der Waals surface area contributed by atoms with Crippen molar-refractivity contribution in [3.8, 4) is 0 Å². The minimum atomic E-state index is -3.16. The van der Waals surface area contributed by atoms with Gasteiger partial charge in [0, 0.05) is 33.4 Å². The van der Waals surface area contributed by atoms with E-state index in [9.17, 15) is 8.42 Å². The summed E-state index contributed by atoms with van der Waals surface area (Å²) in [5, 5.41) is 0. The minimum absolute atomic E-state index is 0. The van der Waals surface area contributed by atoms with Crippen LogP contribution in [0.25, 0.3) is 0 Å². The molecule has 0 aliphatic rings. The number of ether oxygens (including phenoxy) is 1. The molecule has 0 rings (SSSR count). The molecule has 1 unspecified atom stereocenters. The maximum atomic E-state index is 11.8. The van der Waals surface area contributed by atoms with Crippen molar-refractivity contribution in [3.05, 3.63) is 0 Å². The Morgan fingerprint density at radius 1 is 1.33 bits per heavy atom. The molecule has 0 fully saturated rings. The third-order valence-electron chi connectivity index (χ3n) is 2.86. The van der Waals surface area contributed by atoms with Crippen LogP contribution < -0.4 is 5.73 Å². The molecule has 0 radical (unpaired) electrons. The van der Waals surface area contributed by atoms with Crippen molar-refractivity contribution in [2.45, 2.75) is 32.7 Å². The number of nitrogens with two attached hydrogens (primary N) is 1. The lowest BCUT2D eigenvalue weighted by Crippen LogP contribution is -2.35. The van der Waals surface area contributed by atoms with E-state index in [1.807, 2.05) is 13.8 Å². The highest BCUT2D eigenvalue weighted by Crippen LogP contribution is 2.07. The third kappa shape index (κ3) is 8.26. The van der Waals surface area contributed by atoms with Crippen LogP contribution in [0.4, 0.5) is 0 Å². The number of hydrogen-bond acceptors (Lipinski definition) is 4. The molecular formula is C11H27ClN2O3S. The lowest BCUT2D eigenvalue weighted by atomic mass is 10.0. The Labute approximate surface area is 118 Å². The second-order valence-corrected chi connectivity index (χ2v) is 6.88. The number of rotatable bonds is 9. The zero-order valence-electron chi connectivity index (χ0n) is 11.8. The molecule has 18 heavy (non-hydrogen) atoms. The van der Waals surface area contributed by atoms with Gasteiger partial charge in [0.2, 0.25) is 10.0 Å². The van der Waals surface area contributed by atoms with Gasteiger partial charge in [0.15, 0.2) is 0 Å². The van der Waals surface area contributed by atoms with Crippen molar-refractivity contribution in [2.24, 2.45) is 11.7 Å². The summed E-state index contributed by atoms with van der Waals surface area (Å²) in [6, 6.07) is 0.0478. The van der Waals surface area contributed by atoms with Gasteiger partial charge in [-0.15, -0.1) is 12.4 Å². The Hall–Kier alpha value is 0.120. The standard InChI is InChI=1S/C11H26N2O3S.ClH/c1-10(2)11(12)6-7-13(3)17(14,15)9-5-8-16-4;/h10-11H,5-9,12H2,1-4H3;1H. The van der Waals surface area contributed by atoms with E-state index in [1.54, 1.807) is 14.2 Å². The van der Waals surface area contributed by atoms with Crippen LogP contribution in [0, 0.1) is 5.92 Å². The summed E-state index contributed by atoms with van der Waals surface area (Å²) < 4.78 is 29.9. The van der Waals surface area contributed by atoms with E-state index in [0.29, 0.717) is 31.9 Å². The molecule has 112 valence electrons. The van der Waals surface area contributed by atoms with E-state index in [0.717, 1.165) is 0 Å². The average Bonchev–Trinajstić information content (AvgIpc) is 2.25. The van der Waals surface area contributed by atoms with Crippen LogP contribution in [0.5, 0.6) is 0 Å². The SMILES string of the molecule is COCCCS(=O)(=O)N(C)CCC(N)C(C)C.Cl. The van der Waals surface area contributed by atoms with Crippen molar-refractivity contribution in [1.82, 2.24) is 4.31 Å². The van der Waals surface area contributed by atoms with Crippen LogP contribution >= 0.6 is 12.4 Å². The van der Waals surface area contributed by atoms with Crippen molar-refractivity contribution in [1.29, 1.82) is 0 Å². The van der Waals surface area contributed by atoms with Crippen molar-refractivity contribution < 1.29 is 13.2 Å². The Balaban J connectivity index is 0. The second-order valence-electron chi connectivity index (χ2n) is 4.68. The summed E-state index contributed by atoms with van der Waals surface area (Å²) in [6.45, 7) is 5.03. The van der Waals surface area contributed by atoms with Gasteiger partial charge in [-0.2, -0.15) is 0 Å². The van der Waals surface area contributed by atoms with Crippen LogP contribution in [0.2, 0.25) is 0 Å². The monoisotopic (exact) mass is 302 g/mol. The molecule has 5 nitrogen and oxygen atoms in total. The van der Waals surface area contributed by atoms with Crippen LogP contribution in [0.3, 0.4) is 0 Å². The first-order valence-corrected chi connectivity index (χ1v) is 7.60. The van der Waals surface area contributed by atoms with Crippen molar-refractivity contribution in [3.63, 3.8) is 0 Å². The van der Waals surface area contributed by atoms with Crippen LogP contribution in [-0.2, 0) is 14.8 Å². The summed E-state index contributed by atoms with van der Waals surface area (Å²) in [6.07, 6.45) is 1.22. The normalized spacial score (nSPS) is 13.7. The fourth-order valence-electron chi connectivity index (χ4n) is 1.34. The Morgan fingerprint density at radius 3 is 2.33 bits per heavy atom. The zero-order chi connectivity index (χ0) is 13.5. The summed E-state index contributed by atoms with van der Waals surface area (Å²) in [4.78, 5) is 0. The van der Waals surface area contributed by atoms with E-state index >= 15 is 0 Å². The smallest absolute Gasteiger partial charge is 0.213 e. The quantitative estimate of drug-likeness (QED) is 0.647. The van der Waals surface area contributed by atoms with Gasteiger partial charge >= 0.3 is 0 Å². The number of hydrogen-bond donors (Lipinski definition) is 1. The second kappa shape index (κ2) is 9.97. The van der Waals surface area contributed by atoms with Gasteiger partial charge in [-0.1, -0.05) is 13.8 Å². The minimum Gasteiger partial charge on any atom is -0.385 e. The van der Waals surface area contributed by atoms with Crippen LogP contribution in [0.1, 0.15) is 26.7 Å². The van der Waals surface area contributed by atoms with E-state index < -0.39 is 10.0 Å². The molecule has 7 heteroatoms. The average molecular weight is 303 g/mol. The predicted molar refractivity (Wildman–Crippen MR) is 77.6 cm³/mol.